The van der Waals surface area contributed by atoms with Crippen molar-refractivity contribution >= 4 is 11.8 Å². The number of benzene rings is 1. The molecule has 0 bridgehead atoms. The molecule has 0 aromatic heterocycles. The van der Waals surface area contributed by atoms with Crippen LogP contribution in [0, 0.1) is 0 Å². The van der Waals surface area contributed by atoms with Crippen LogP contribution in [-0.2, 0) is 11.2 Å². The van der Waals surface area contributed by atoms with Crippen molar-refractivity contribution in [2.24, 2.45) is 0 Å². The highest BCUT2D eigenvalue weighted by atomic mass is 16.6. The Morgan fingerprint density at radius 1 is 1.25 bits per heavy atom. The maximum absolute atomic E-state index is 11.5. The second-order valence-corrected chi connectivity index (χ2v) is 4.05. The maximum Gasteiger partial charge on any atom is 0.414 e. The van der Waals surface area contributed by atoms with Crippen molar-refractivity contribution in [3.63, 3.8) is 0 Å². The summed E-state index contributed by atoms with van der Waals surface area (Å²) in [6.45, 7) is 1.16. The summed E-state index contributed by atoms with van der Waals surface area (Å²) in [4.78, 5) is 13.3. The molecule has 82 valence electrons. The van der Waals surface area contributed by atoms with E-state index in [0.29, 0.717) is 13.2 Å². The van der Waals surface area contributed by atoms with E-state index in [2.05, 4.69) is 18.2 Å². The molecule has 1 saturated heterocycles. The standard InChI is InChI=1S/C13H13NO2/c15-13-14(8-9-16-13)12-7-3-5-10-4-1-2-6-11(10)12/h1-2,4,6-7H,3,5,8-9H2. The van der Waals surface area contributed by atoms with Crippen LogP contribution in [-0.4, -0.2) is 24.1 Å². The van der Waals surface area contributed by atoms with Crippen LogP contribution in [0.5, 0.6) is 0 Å². The Morgan fingerprint density at radius 2 is 2.12 bits per heavy atom. The molecular weight excluding hydrogens is 202 g/mol. The summed E-state index contributed by atoms with van der Waals surface area (Å²) in [6, 6.07) is 8.26. The van der Waals surface area contributed by atoms with Gasteiger partial charge in [0.2, 0.25) is 0 Å². The van der Waals surface area contributed by atoms with Crippen LogP contribution in [0.15, 0.2) is 30.3 Å². The zero-order valence-corrected chi connectivity index (χ0v) is 8.98. The third kappa shape index (κ3) is 1.40. The first-order chi connectivity index (χ1) is 7.86. The van der Waals surface area contributed by atoms with Crippen molar-refractivity contribution in [2.45, 2.75) is 12.8 Å². The molecule has 1 aliphatic carbocycles. The fraction of sp³-hybridized carbons (Fsp3) is 0.308. The van der Waals surface area contributed by atoms with Crippen molar-refractivity contribution in [1.82, 2.24) is 4.90 Å². The number of rotatable bonds is 1. The number of ether oxygens (including phenoxy) is 1. The van der Waals surface area contributed by atoms with Crippen LogP contribution in [0.2, 0.25) is 0 Å². The molecule has 16 heavy (non-hydrogen) atoms. The highest BCUT2D eigenvalue weighted by Crippen LogP contribution is 2.30. The average molecular weight is 215 g/mol. The van der Waals surface area contributed by atoms with Gasteiger partial charge in [-0.2, -0.15) is 0 Å². The average Bonchev–Trinajstić information content (AvgIpc) is 2.75. The smallest absolute Gasteiger partial charge is 0.414 e. The number of nitrogens with zero attached hydrogens (tertiary/aromatic N) is 1. The lowest BCUT2D eigenvalue weighted by atomic mass is 9.94. The normalized spacial score (nSPS) is 19.1. The Labute approximate surface area is 94.3 Å². The molecule has 1 aromatic carbocycles. The molecule has 3 rings (SSSR count). The Balaban J connectivity index is 2.02. The van der Waals surface area contributed by atoms with Crippen LogP contribution < -0.4 is 0 Å². The summed E-state index contributed by atoms with van der Waals surface area (Å²) in [5.41, 5.74) is 3.51. The summed E-state index contributed by atoms with van der Waals surface area (Å²) in [7, 11) is 0. The monoisotopic (exact) mass is 215 g/mol. The van der Waals surface area contributed by atoms with Gasteiger partial charge < -0.3 is 4.74 Å². The fourth-order valence-electron chi connectivity index (χ4n) is 2.33. The van der Waals surface area contributed by atoms with E-state index < -0.39 is 0 Å². The first kappa shape index (κ1) is 9.46. The predicted octanol–water partition coefficient (Wildman–Crippen LogP) is 2.43. The maximum atomic E-state index is 11.5. The van der Waals surface area contributed by atoms with E-state index in [4.69, 9.17) is 4.74 Å². The number of allylic oxidation sites excluding steroid dienone is 1. The largest absolute Gasteiger partial charge is 0.447 e. The highest BCUT2D eigenvalue weighted by Gasteiger charge is 2.28. The zero-order chi connectivity index (χ0) is 11.0. The molecule has 2 aliphatic rings. The van der Waals surface area contributed by atoms with E-state index in [0.717, 1.165) is 18.5 Å². The summed E-state index contributed by atoms with van der Waals surface area (Å²) in [5, 5.41) is 0. The first-order valence-electron chi connectivity index (χ1n) is 5.59. The van der Waals surface area contributed by atoms with Gasteiger partial charge in [-0.25, -0.2) is 4.79 Å². The number of hydrogen-bond donors (Lipinski definition) is 0. The number of cyclic esters (lactones) is 1. The lowest BCUT2D eigenvalue weighted by Gasteiger charge is -2.23. The quantitative estimate of drug-likeness (QED) is 0.720. The Hall–Kier alpha value is -1.77. The molecule has 1 fully saturated rings. The van der Waals surface area contributed by atoms with Crippen LogP contribution in [0.25, 0.3) is 5.70 Å². The molecule has 3 heteroatoms. The molecule has 0 radical (unpaired) electrons. The minimum absolute atomic E-state index is 0.219. The first-order valence-corrected chi connectivity index (χ1v) is 5.59. The number of carbonyl (C=O) groups is 1. The van der Waals surface area contributed by atoms with Gasteiger partial charge >= 0.3 is 6.09 Å². The molecule has 0 saturated carbocycles. The third-order valence-electron chi connectivity index (χ3n) is 3.10. The van der Waals surface area contributed by atoms with E-state index in [-0.39, 0.29) is 6.09 Å². The van der Waals surface area contributed by atoms with Crippen LogP contribution in [0.4, 0.5) is 4.79 Å². The molecule has 0 spiro atoms. The van der Waals surface area contributed by atoms with E-state index in [1.807, 2.05) is 12.1 Å². The second kappa shape index (κ2) is 3.67. The van der Waals surface area contributed by atoms with Crippen LogP contribution >= 0.6 is 0 Å². The molecule has 1 aromatic rings. The van der Waals surface area contributed by atoms with Gasteiger partial charge in [0.05, 0.1) is 12.2 Å². The number of amides is 1. The van der Waals surface area contributed by atoms with Crippen molar-refractivity contribution in [2.75, 3.05) is 13.2 Å². The number of aryl methyl sites for hydroxylation is 1. The van der Waals surface area contributed by atoms with Gasteiger partial charge in [-0.15, -0.1) is 0 Å². The second-order valence-electron chi connectivity index (χ2n) is 4.05. The molecule has 0 atom stereocenters. The van der Waals surface area contributed by atoms with E-state index in [1.165, 1.54) is 11.1 Å². The fourth-order valence-corrected chi connectivity index (χ4v) is 2.33. The highest BCUT2D eigenvalue weighted by molar-refractivity contribution is 5.84. The van der Waals surface area contributed by atoms with Gasteiger partial charge in [0.15, 0.2) is 0 Å². The van der Waals surface area contributed by atoms with Crippen molar-refractivity contribution < 1.29 is 9.53 Å². The van der Waals surface area contributed by atoms with Gasteiger partial charge in [-0.3, -0.25) is 4.90 Å². The van der Waals surface area contributed by atoms with Crippen LogP contribution in [0.3, 0.4) is 0 Å². The van der Waals surface area contributed by atoms with Crippen molar-refractivity contribution in [3.8, 4) is 0 Å². The molecule has 0 unspecified atom stereocenters. The molecule has 1 amide bonds. The van der Waals surface area contributed by atoms with E-state index >= 15 is 0 Å². The molecule has 1 heterocycles. The Bertz CT molecular complexity index is 465. The Kier molecular flexibility index (Phi) is 2.17. The lowest BCUT2D eigenvalue weighted by Crippen LogP contribution is -2.24. The lowest BCUT2D eigenvalue weighted by molar-refractivity contribution is 0.167. The van der Waals surface area contributed by atoms with Gasteiger partial charge in [0.1, 0.15) is 6.61 Å². The van der Waals surface area contributed by atoms with Gasteiger partial charge in [0.25, 0.3) is 0 Å². The zero-order valence-electron chi connectivity index (χ0n) is 8.98. The predicted molar refractivity (Wildman–Crippen MR) is 60.8 cm³/mol. The van der Waals surface area contributed by atoms with E-state index in [1.54, 1.807) is 4.90 Å². The SMILES string of the molecule is O=C1OCCN1C1=CCCc2ccccc21. The number of carbonyl (C=O) groups excluding carboxylic acids is 1. The molecule has 3 nitrogen and oxygen atoms in total. The number of fused-ring (bicyclic) bond motifs is 1. The van der Waals surface area contributed by atoms with Gasteiger partial charge in [-0.05, 0) is 18.4 Å². The molecular formula is C13H13NO2. The van der Waals surface area contributed by atoms with Crippen molar-refractivity contribution in [3.05, 3.63) is 41.5 Å². The summed E-state index contributed by atoms with van der Waals surface area (Å²) in [5.74, 6) is 0. The van der Waals surface area contributed by atoms with Gasteiger partial charge in [0, 0.05) is 5.56 Å². The minimum atomic E-state index is -0.219. The Morgan fingerprint density at radius 3 is 2.94 bits per heavy atom. The van der Waals surface area contributed by atoms with Gasteiger partial charge in [-0.1, -0.05) is 30.3 Å². The molecule has 0 N–H and O–H groups in total. The summed E-state index contributed by atoms with van der Waals surface area (Å²) >= 11 is 0. The summed E-state index contributed by atoms with van der Waals surface area (Å²) in [6.07, 6.45) is 3.97. The number of hydrogen-bond acceptors (Lipinski definition) is 2. The molecule has 1 aliphatic heterocycles. The van der Waals surface area contributed by atoms with Crippen LogP contribution in [0.1, 0.15) is 17.5 Å². The van der Waals surface area contributed by atoms with Crippen molar-refractivity contribution in [1.29, 1.82) is 0 Å². The minimum Gasteiger partial charge on any atom is -0.447 e. The van der Waals surface area contributed by atoms with E-state index in [9.17, 15) is 4.79 Å². The summed E-state index contributed by atoms with van der Waals surface area (Å²) < 4.78 is 4.98. The topological polar surface area (TPSA) is 29.5 Å². The third-order valence-corrected chi connectivity index (χ3v) is 3.10.